The van der Waals surface area contributed by atoms with E-state index in [9.17, 15) is 4.21 Å². The third kappa shape index (κ3) is 2.45. The lowest BCUT2D eigenvalue weighted by molar-refractivity contribution is 0.103. The maximum absolute atomic E-state index is 11.7. The standard InChI is InChI=1S/C16H13ClN4O2S/c1-24(22)16-20-14(19-15(18)21-16)13-10-4-2-3-8-6-23-7-9(12(8)10)5-11(13)17/h2-5H,6-7H2,1H3,(H2,18,19,20,21)/t24-/m1/s1. The van der Waals surface area contributed by atoms with Crippen molar-refractivity contribution in [3.8, 4) is 11.4 Å². The summed E-state index contributed by atoms with van der Waals surface area (Å²) in [5, 5.41) is 2.66. The number of halogens is 1. The number of ether oxygens (including phenoxy) is 1. The average Bonchev–Trinajstić information content (AvgIpc) is 2.54. The third-order valence-corrected chi connectivity index (χ3v) is 4.90. The van der Waals surface area contributed by atoms with Gasteiger partial charge in [0.2, 0.25) is 11.1 Å². The molecule has 1 aliphatic rings. The summed E-state index contributed by atoms with van der Waals surface area (Å²) in [6.07, 6.45) is 1.50. The largest absolute Gasteiger partial charge is 0.372 e. The van der Waals surface area contributed by atoms with E-state index in [-0.39, 0.29) is 11.1 Å². The van der Waals surface area contributed by atoms with Gasteiger partial charge in [0.25, 0.3) is 0 Å². The van der Waals surface area contributed by atoms with Crippen LogP contribution >= 0.6 is 11.6 Å². The first-order valence-corrected chi connectivity index (χ1v) is 9.14. The van der Waals surface area contributed by atoms with Crippen molar-refractivity contribution in [3.05, 3.63) is 40.4 Å². The Hall–Kier alpha value is -2.09. The number of nitrogen functional groups attached to an aromatic ring is 1. The van der Waals surface area contributed by atoms with Gasteiger partial charge < -0.3 is 10.5 Å². The van der Waals surface area contributed by atoms with Gasteiger partial charge in [0, 0.05) is 11.8 Å². The van der Waals surface area contributed by atoms with Crippen molar-refractivity contribution in [2.45, 2.75) is 18.4 Å². The molecule has 1 aliphatic heterocycles. The smallest absolute Gasteiger partial charge is 0.224 e. The van der Waals surface area contributed by atoms with Crippen molar-refractivity contribution in [3.63, 3.8) is 0 Å². The molecular weight excluding hydrogens is 348 g/mol. The molecule has 8 heteroatoms. The first-order valence-electron chi connectivity index (χ1n) is 7.20. The van der Waals surface area contributed by atoms with E-state index in [1.807, 2.05) is 24.3 Å². The van der Waals surface area contributed by atoms with Crippen molar-refractivity contribution < 1.29 is 8.95 Å². The summed E-state index contributed by atoms with van der Waals surface area (Å²) in [7, 11) is -1.37. The highest BCUT2D eigenvalue weighted by Crippen LogP contribution is 2.39. The minimum atomic E-state index is -1.37. The van der Waals surface area contributed by atoms with Crippen molar-refractivity contribution in [1.29, 1.82) is 0 Å². The molecule has 122 valence electrons. The number of anilines is 1. The zero-order chi connectivity index (χ0) is 16.8. The summed E-state index contributed by atoms with van der Waals surface area (Å²) < 4.78 is 17.3. The summed E-state index contributed by atoms with van der Waals surface area (Å²) in [6.45, 7) is 1.06. The molecule has 2 heterocycles. The molecule has 1 aromatic heterocycles. The fraction of sp³-hybridized carbons (Fsp3) is 0.188. The summed E-state index contributed by atoms with van der Waals surface area (Å²) in [6, 6.07) is 7.80. The van der Waals surface area contributed by atoms with E-state index in [4.69, 9.17) is 22.1 Å². The molecule has 4 rings (SSSR count). The number of rotatable bonds is 2. The van der Waals surface area contributed by atoms with Gasteiger partial charge in [-0.3, -0.25) is 4.21 Å². The highest BCUT2D eigenvalue weighted by Gasteiger charge is 2.21. The van der Waals surface area contributed by atoms with Gasteiger partial charge in [-0.25, -0.2) is 4.98 Å². The van der Waals surface area contributed by atoms with Crippen LogP contribution in [-0.2, 0) is 28.8 Å². The van der Waals surface area contributed by atoms with Gasteiger partial charge in [0.1, 0.15) is 0 Å². The topological polar surface area (TPSA) is 91.0 Å². The average molecular weight is 361 g/mol. The van der Waals surface area contributed by atoms with E-state index in [1.54, 1.807) is 0 Å². The SMILES string of the molecule is C[S@@](=O)c1nc(N)nc(-c2c(Cl)cc3c4c(cccc24)COC3)n1. The normalized spacial score (nSPS) is 14.8. The molecule has 0 saturated heterocycles. The lowest BCUT2D eigenvalue weighted by Crippen LogP contribution is -2.08. The molecule has 0 saturated carbocycles. The van der Waals surface area contributed by atoms with E-state index in [1.165, 1.54) is 6.26 Å². The zero-order valence-electron chi connectivity index (χ0n) is 12.7. The molecule has 3 aromatic rings. The quantitative estimate of drug-likeness (QED) is 0.755. The lowest BCUT2D eigenvalue weighted by Gasteiger charge is -2.20. The Kier molecular flexibility index (Phi) is 3.71. The van der Waals surface area contributed by atoms with Crippen LogP contribution in [0.5, 0.6) is 0 Å². The molecule has 2 aromatic carbocycles. The third-order valence-electron chi connectivity index (χ3n) is 3.91. The van der Waals surface area contributed by atoms with Crippen LogP contribution in [0.25, 0.3) is 22.2 Å². The second-order valence-corrected chi connectivity index (χ2v) is 7.16. The second kappa shape index (κ2) is 5.77. The molecule has 0 radical (unpaired) electrons. The zero-order valence-corrected chi connectivity index (χ0v) is 14.3. The molecule has 0 aliphatic carbocycles. The highest BCUT2D eigenvalue weighted by atomic mass is 35.5. The van der Waals surface area contributed by atoms with Crippen LogP contribution in [0, 0.1) is 0 Å². The van der Waals surface area contributed by atoms with Crippen LogP contribution in [0.4, 0.5) is 5.95 Å². The minimum Gasteiger partial charge on any atom is -0.372 e. The van der Waals surface area contributed by atoms with Crippen LogP contribution in [0.2, 0.25) is 5.02 Å². The Labute approximate surface area is 145 Å². The number of benzene rings is 2. The maximum atomic E-state index is 11.7. The Bertz CT molecular complexity index is 1010. The molecule has 0 amide bonds. The van der Waals surface area contributed by atoms with Gasteiger partial charge in [-0.2, -0.15) is 9.97 Å². The Balaban J connectivity index is 2.07. The van der Waals surface area contributed by atoms with Crippen molar-refractivity contribution in [1.82, 2.24) is 15.0 Å². The van der Waals surface area contributed by atoms with Crippen LogP contribution < -0.4 is 5.73 Å². The predicted octanol–water partition coefficient (Wildman–Crippen LogP) is 2.70. The Morgan fingerprint density at radius 2 is 2.00 bits per heavy atom. The van der Waals surface area contributed by atoms with Gasteiger partial charge in [-0.1, -0.05) is 29.8 Å². The molecule has 6 nitrogen and oxygen atoms in total. The minimum absolute atomic E-state index is 0.0186. The molecule has 2 N–H and O–H groups in total. The van der Waals surface area contributed by atoms with Crippen molar-refractivity contribution >= 4 is 39.1 Å². The second-order valence-electron chi connectivity index (χ2n) is 5.48. The Morgan fingerprint density at radius 1 is 1.21 bits per heavy atom. The fourth-order valence-corrected chi connectivity index (χ4v) is 3.71. The summed E-state index contributed by atoms with van der Waals surface area (Å²) in [5.74, 6) is 0.345. The molecule has 1 atom stereocenters. The fourth-order valence-electron chi connectivity index (χ4n) is 2.96. The lowest BCUT2D eigenvalue weighted by atomic mass is 9.94. The molecule has 24 heavy (non-hydrogen) atoms. The monoisotopic (exact) mass is 360 g/mol. The predicted molar refractivity (Wildman–Crippen MR) is 93.0 cm³/mol. The number of nitrogens with zero attached hydrogens (tertiary/aromatic N) is 3. The van der Waals surface area contributed by atoms with Gasteiger partial charge >= 0.3 is 0 Å². The first kappa shape index (κ1) is 15.4. The van der Waals surface area contributed by atoms with Crippen LogP contribution in [0.3, 0.4) is 0 Å². The van der Waals surface area contributed by atoms with Gasteiger partial charge in [-0.15, -0.1) is 0 Å². The van der Waals surface area contributed by atoms with Gasteiger partial charge in [0.05, 0.1) is 29.0 Å². The number of aromatic nitrogens is 3. The van der Waals surface area contributed by atoms with E-state index in [2.05, 4.69) is 15.0 Å². The summed E-state index contributed by atoms with van der Waals surface area (Å²) >= 11 is 6.51. The number of hydrogen-bond donors (Lipinski definition) is 1. The number of hydrogen-bond acceptors (Lipinski definition) is 6. The highest BCUT2D eigenvalue weighted by molar-refractivity contribution is 7.84. The summed E-state index contributed by atoms with van der Waals surface area (Å²) in [4.78, 5) is 12.4. The van der Waals surface area contributed by atoms with E-state index < -0.39 is 10.8 Å². The van der Waals surface area contributed by atoms with Crippen molar-refractivity contribution in [2.24, 2.45) is 0 Å². The number of nitrogens with two attached hydrogens (primary N) is 1. The molecule has 0 bridgehead atoms. The van der Waals surface area contributed by atoms with Gasteiger partial charge in [0.15, 0.2) is 5.82 Å². The first-order chi connectivity index (χ1) is 11.5. The molecule has 0 spiro atoms. The molecular formula is C16H13ClN4O2S. The molecule has 0 fully saturated rings. The van der Waals surface area contributed by atoms with Crippen LogP contribution in [-0.4, -0.2) is 25.4 Å². The van der Waals surface area contributed by atoms with Crippen LogP contribution in [0.1, 0.15) is 11.1 Å². The van der Waals surface area contributed by atoms with Crippen molar-refractivity contribution in [2.75, 3.05) is 12.0 Å². The molecule has 0 unspecified atom stereocenters. The van der Waals surface area contributed by atoms with E-state index in [0.717, 1.165) is 21.9 Å². The van der Waals surface area contributed by atoms with E-state index in [0.29, 0.717) is 29.6 Å². The van der Waals surface area contributed by atoms with E-state index >= 15 is 0 Å². The van der Waals surface area contributed by atoms with Gasteiger partial charge in [-0.05, 0) is 28.0 Å². The summed E-state index contributed by atoms with van der Waals surface area (Å²) in [5.41, 5.74) is 8.55. The maximum Gasteiger partial charge on any atom is 0.224 e. The Morgan fingerprint density at radius 3 is 2.79 bits per heavy atom. The van der Waals surface area contributed by atoms with Crippen LogP contribution in [0.15, 0.2) is 29.4 Å².